The highest BCUT2D eigenvalue weighted by atomic mass is 16.2. The molecule has 1 N–H and O–H groups in total. The predicted octanol–water partition coefficient (Wildman–Crippen LogP) is 1.52. The van der Waals surface area contributed by atoms with Crippen molar-refractivity contribution in [2.45, 2.75) is 46.6 Å². The monoisotopic (exact) mass is 185 g/mol. The van der Waals surface area contributed by atoms with Gasteiger partial charge >= 0.3 is 0 Å². The zero-order valence-corrected chi connectivity index (χ0v) is 8.89. The minimum absolute atomic E-state index is 0.0453. The fraction of sp³-hybridized carbons (Fsp3) is 0.800. The summed E-state index contributed by atoms with van der Waals surface area (Å²) >= 11 is 0. The Labute approximate surface area is 79.9 Å². The number of hydrogen-bond donors (Lipinski definition) is 1. The minimum Gasteiger partial charge on any atom is -0.346 e. The molecule has 3 heteroatoms. The molecule has 1 atom stereocenters. The maximum absolute atomic E-state index is 11.2. The molecule has 0 spiro atoms. The standard InChI is InChI=1S/C10H19NO2/c1-5-9(6-2)10(7(3)12)11-8(4)13/h9-10H,5-6H2,1-4H3,(H,11,13)/t10-/m1/s1. The molecule has 0 aromatic carbocycles. The van der Waals surface area contributed by atoms with Gasteiger partial charge in [0.25, 0.3) is 0 Å². The van der Waals surface area contributed by atoms with Gasteiger partial charge in [0.05, 0.1) is 6.04 Å². The average Bonchev–Trinajstić information content (AvgIpc) is 2.04. The molecule has 0 saturated heterocycles. The molecule has 0 unspecified atom stereocenters. The van der Waals surface area contributed by atoms with E-state index in [0.29, 0.717) is 0 Å². The van der Waals surface area contributed by atoms with E-state index in [2.05, 4.69) is 5.32 Å². The van der Waals surface area contributed by atoms with Gasteiger partial charge in [-0.1, -0.05) is 26.7 Å². The van der Waals surface area contributed by atoms with Crippen molar-refractivity contribution in [2.75, 3.05) is 0 Å². The number of carbonyl (C=O) groups excluding carboxylic acids is 2. The number of carbonyl (C=O) groups is 2. The molecule has 0 aromatic rings. The summed E-state index contributed by atoms with van der Waals surface area (Å²) in [6.07, 6.45) is 1.84. The topological polar surface area (TPSA) is 46.2 Å². The Balaban J connectivity index is 4.38. The fourth-order valence-corrected chi connectivity index (χ4v) is 1.53. The van der Waals surface area contributed by atoms with E-state index in [9.17, 15) is 9.59 Å². The van der Waals surface area contributed by atoms with Gasteiger partial charge in [-0.2, -0.15) is 0 Å². The van der Waals surface area contributed by atoms with Crippen molar-refractivity contribution in [3.8, 4) is 0 Å². The molecule has 3 nitrogen and oxygen atoms in total. The van der Waals surface area contributed by atoms with Crippen LogP contribution in [-0.4, -0.2) is 17.7 Å². The van der Waals surface area contributed by atoms with E-state index in [-0.39, 0.29) is 23.7 Å². The maximum atomic E-state index is 11.2. The fourth-order valence-electron chi connectivity index (χ4n) is 1.53. The lowest BCUT2D eigenvalue weighted by molar-refractivity contribution is -0.126. The lowest BCUT2D eigenvalue weighted by Gasteiger charge is -2.23. The van der Waals surface area contributed by atoms with Crippen LogP contribution in [0.25, 0.3) is 0 Å². The van der Waals surface area contributed by atoms with E-state index >= 15 is 0 Å². The molecule has 0 aliphatic heterocycles. The number of nitrogens with one attached hydrogen (secondary N) is 1. The largest absolute Gasteiger partial charge is 0.346 e. The van der Waals surface area contributed by atoms with Gasteiger partial charge in [0, 0.05) is 6.92 Å². The van der Waals surface area contributed by atoms with E-state index < -0.39 is 0 Å². The molecule has 0 bridgehead atoms. The van der Waals surface area contributed by atoms with Crippen LogP contribution in [0.15, 0.2) is 0 Å². The van der Waals surface area contributed by atoms with E-state index in [1.54, 1.807) is 0 Å². The maximum Gasteiger partial charge on any atom is 0.217 e. The molecule has 76 valence electrons. The molecule has 0 aliphatic rings. The first-order valence-corrected chi connectivity index (χ1v) is 4.80. The van der Waals surface area contributed by atoms with Crippen LogP contribution < -0.4 is 5.32 Å². The highest BCUT2D eigenvalue weighted by Crippen LogP contribution is 2.13. The van der Waals surface area contributed by atoms with Crippen LogP contribution in [0.5, 0.6) is 0 Å². The molecule has 0 aliphatic carbocycles. The Kier molecular flexibility index (Phi) is 5.35. The van der Waals surface area contributed by atoms with E-state index in [4.69, 9.17) is 0 Å². The SMILES string of the molecule is CCC(CC)[C@H](NC(C)=O)C(C)=O. The van der Waals surface area contributed by atoms with Crippen molar-refractivity contribution in [1.82, 2.24) is 5.32 Å². The van der Waals surface area contributed by atoms with Gasteiger partial charge in [0.2, 0.25) is 5.91 Å². The first-order valence-electron chi connectivity index (χ1n) is 4.80. The summed E-state index contributed by atoms with van der Waals surface area (Å²) in [5.74, 6) is 0.178. The van der Waals surface area contributed by atoms with Gasteiger partial charge in [0.1, 0.15) is 0 Å². The number of ketones is 1. The normalized spacial score (nSPS) is 12.7. The Morgan fingerprint density at radius 1 is 1.15 bits per heavy atom. The van der Waals surface area contributed by atoms with Crippen molar-refractivity contribution in [3.05, 3.63) is 0 Å². The second kappa shape index (κ2) is 5.73. The van der Waals surface area contributed by atoms with E-state index in [0.717, 1.165) is 12.8 Å². The molecular weight excluding hydrogens is 166 g/mol. The highest BCUT2D eigenvalue weighted by Gasteiger charge is 2.23. The van der Waals surface area contributed by atoms with Gasteiger partial charge in [-0.05, 0) is 12.8 Å². The lowest BCUT2D eigenvalue weighted by Crippen LogP contribution is -2.43. The van der Waals surface area contributed by atoms with Crippen LogP contribution in [0.4, 0.5) is 0 Å². The van der Waals surface area contributed by atoms with Crippen molar-refractivity contribution < 1.29 is 9.59 Å². The second-order valence-corrected chi connectivity index (χ2v) is 3.37. The molecule has 0 saturated carbocycles. The zero-order chi connectivity index (χ0) is 10.4. The third kappa shape index (κ3) is 4.06. The lowest BCUT2D eigenvalue weighted by atomic mass is 9.91. The minimum atomic E-state index is -0.299. The Morgan fingerprint density at radius 2 is 1.62 bits per heavy atom. The molecule has 0 aromatic heterocycles. The summed E-state index contributed by atoms with van der Waals surface area (Å²) in [5, 5.41) is 2.69. The summed E-state index contributed by atoms with van der Waals surface area (Å²) in [7, 11) is 0. The number of hydrogen-bond acceptors (Lipinski definition) is 2. The van der Waals surface area contributed by atoms with Crippen molar-refractivity contribution in [1.29, 1.82) is 0 Å². The summed E-state index contributed by atoms with van der Waals surface area (Å²) in [5.41, 5.74) is 0. The van der Waals surface area contributed by atoms with Crippen LogP contribution in [0.3, 0.4) is 0 Å². The number of rotatable bonds is 5. The predicted molar refractivity (Wildman–Crippen MR) is 52.4 cm³/mol. The van der Waals surface area contributed by atoms with Crippen molar-refractivity contribution in [3.63, 3.8) is 0 Å². The van der Waals surface area contributed by atoms with E-state index in [1.807, 2.05) is 13.8 Å². The molecule has 0 heterocycles. The smallest absolute Gasteiger partial charge is 0.217 e. The van der Waals surface area contributed by atoms with Crippen LogP contribution in [0.2, 0.25) is 0 Å². The molecular formula is C10H19NO2. The van der Waals surface area contributed by atoms with Crippen LogP contribution in [-0.2, 0) is 9.59 Å². The first-order chi connectivity index (χ1) is 6.02. The molecule has 0 radical (unpaired) electrons. The zero-order valence-electron chi connectivity index (χ0n) is 8.89. The molecule has 1 amide bonds. The number of Topliss-reactive ketones (excluding diaryl/α,β-unsaturated/α-hetero) is 1. The Bertz CT molecular complexity index is 185. The summed E-state index contributed by atoms with van der Waals surface area (Å²) in [6, 6.07) is -0.299. The summed E-state index contributed by atoms with van der Waals surface area (Å²) in [4.78, 5) is 22.1. The van der Waals surface area contributed by atoms with Gasteiger partial charge < -0.3 is 5.32 Å². The van der Waals surface area contributed by atoms with Crippen LogP contribution in [0.1, 0.15) is 40.5 Å². The van der Waals surface area contributed by atoms with Gasteiger partial charge in [-0.3, -0.25) is 9.59 Å². The summed E-state index contributed by atoms with van der Waals surface area (Å²) < 4.78 is 0. The van der Waals surface area contributed by atoms with Gasteiger partial charge in [-0.15, -0.1) is 0 Å². The first kappa shape index (κ1) is 12.1. The Morgan fingerprint density at radius 3 is 1.85 bits per heavy atom. The van der Waals surface area contributed by atoms with Crippen molar-refractivity contribution >= 4 is 11.7 Å². The third-order valence-electron chi connectivity index (χ3n) is 2.32. The molecule has 0 rings (SSSR count). The quantitative estimate of drug-likeness (QED) is 0.705. The number of amides is 1. The third-order valence-corrected chi connectivity index (χ3v) is 2.32. The Hall–Kier alpha value is -0.860. The second-order valence-electron chi connectivity index (χ2n) is 3.37. The highest BCUT2D eigenvalue weighted by molar-refractivity contribution is 5.86. The van der Waals surface area contributed by atoms with Crippen LogP contribution >= 0.6 is 0 Å². The van der Waals surface area contributed by atoms with Crippen LogP contribution in [0, 0.1) is 5.92 Å². The van der Waals surface area contributed by atoms with Gasteiger partial charge in [0.15, 0.2) is 5.78 Å². The molecule has 13 heavy (non-hydrogen) atoms. The molecule has 0 fully saturated rings. The van der Waals surface area contributed by atoms with Gasteiger partial charge in [-0.25, -0.2) is 0 Å². The van der Waals surface area contributed by atoms with Crippen molar-refractivity contribution in [2.24, 2.45) is 5.92 Å². The van der Waals surface area contributed by atoms with E-state index in [1.165, 1.54) is 13.8 Å². The average molecular weight is 185 g/mol. The summed E-state index contributed by atoms with van der Waals surface area (Å²) in [6.45, 7) is 7.04.